The standard InChI is InChI=1S/C17H7F4NO.C10H6O.C7F5N.2Na.4O3S/c18-13-11(8-22)14(19)16(21)17(15(13)20)23-12-7-3-5-9-4-1-2-6-10(9)12;11-10-7-3-5-8-4-1-2-6-9(8)10;8-3-2(1-13)4(9)6(11)7(12)5(3)10;;;4*1-4(2)3/h1-7H;2,4-7,11H;;;;;;;/q;-2;;2*+1;;;;. The van der Waals surface area contributed by atoms with E-state index >= 15 is 0 Å². The van der Waals surface area contributed by atoms with E-state index in [1.807, 2.05) is 18.2 Å². The number of halogens is 9. The van der Waals surface area contributed by atoms with Gasteiger partial charge in [-0.25, -0.2) is 30.7 Å². The number of aromatic hydroxyl groups is 1. The molecule has 65 heavy (non-hydrogen) atoms. The van der Waals surface area contributed by atoms with Crippen LogP contribution in [-0.2, 0) is 42.4 Å². The molecule has 31 heteroatoms. The van der Waals surface area contributed by atoms with Crippen molar-refractivity contribution in [1.82, 2.24) is 0 Å². The summed E-state index contributed by atoms with van der Waals surface area (Å²) in [7, 11) is -12.4. The Hall–Kier alpha value is -5.73. The predicted octanol–water partition coefficient (Wildman–Crippen LogP) is -0.549. The van der Waals surface area contributed by atoms with Gasteiger partial charge in [-0.2, -0.15) is 55.7 Å². The molecule has 6 rings (SSSR count). The van der Waals surface area contributed by atoms with Crippen LogP contribution in [0.25, 0.3) is 21.5 Å². The van der Waals surface area contributed by atoms with Crippen molar-refractivity contribution < 1.29 is 159 Å². The maximum Gasteiger partial charge on any atom is 1.00 e. The third kappa shape index (κ3) is 21.7. The molecule has 16 nitrogen and oxygen atoms in total. The number of nitriles is 2. The van der Waals surface area contributed by atoms with E-state index in [0.717, 1.165) is 28.3 Å². The molecular weight excluding hydrogens is 1010 g/mol. The molecule has 0 aliphatic carbocycles. The Kier molecular flexibility index (Phi) is 31.3. The average Bonchev–Trinajstić information content (AvgIpc) is 3.21. The second kappa shape index (κ2) is 32.0. The summed E-state index contributed by atoms with van der Waals surface area (Å²) >= 11 is 0. The average molecular weight is 1020 g/mol. The number of ether oxygens (including phenoxy) is 1. The molecule has 1 N–H and O–H groups in total. The molecule has 0 heterocycles. The number of hydrogen-bond acceptors (Lipinski definition) is 16. The van der Waals surface area contributed by atoms with Crippen molar-refractivity contribution in [2.24, 2.45) is 0 Å². The van der Waals surface area contributed by atoms with E-state index in [0.29, 0.717) is 5.39 Å². The molecule has 0 aliphatic rings. The first-order valence-corrected chi connectivity index (χ1v) is 18.7. The van der Waals surface area contributed by atoms with Gasteiger partial charge in [-0.05, 0) is 17.2 Å². The largest absolute Gasteiger partial charge is 1.00 e. The summed E-state index contributed by atoms with van der Waals surface area (Å²) in [6, 6.07) is 28.1. The van der Waals surface area contributed by atoms with Crippen LogP contribution < -0.4 is 63.9 Å². The van der Waals surface area contributed by atoms with Crippen LogP contribution in [0.2, 0.25) is 0 Å². The van der Waals surface area contributed by atoms with Crippen LogP contribution in [0.5, 0.6) is 17.2 Å². The zero-order valence-electron chi connectivity index (χ0n) is 31.6. The molecule has 0 unspecified atom stereocenters. The Morgan fingerprint density at radius 2 is 0.831 bits per heavy atom. The van der Waals surface area contributed by atoms with Crippen LogP contribution in [-0.4, -0.2) is 55.6 Å². The Balaban J connectivity index is -0.000000784. The molecule has 0 saturated carbocycles. The topological polar surface area (TPSA) is 282 Å². The van der Waals surface area contributed by atoms with Crippen LogP contribution >= 0.6 is 0 Å². The van der Waals surface area contributed by atoms with Crippen molar-refractivity contribution in [3.05, 3.63) is 148 Å². The summed E-state index contributed by atoms with van der Waals surface area (Å²) in [4.78, 5) is 0. The summed E-state index contributed by atoms with van der Waals surface area (Å²) in [5.74, 6) is -18.7. The SMILES string of the molecule is N#Cc1c(F)c(F)c(F)c(F)c1F.N#Cc1c(F)c(F)c(Oc2cccc3ccccc23)c(F)c1F.O=S(=O)=O.O=S(=O)=O.O=S(=O)=O.O=S(=O)=O.Oc1c[c-]cc2c[c-]ccc12.[Na+].[Na+]. The van der Waals surface area contributed by atoms with E-state index in [2.05, 4.69) is 12.1 Å². The molecule has 0 aliphatic heterocycles. The maximum absolute atomic E-state index is 13.9. The minimum absolute atomic E-state index is 0. The molecule has 0 amide bonds. The molecule has 6 aromatic rings. The fourth-order valence-corrected chi connectivity index (χ4v) is 3.98. The summed E-state index contributed by atoms with van der Waals surface area (Å²) in [6.07, 6.45) is 0. The Labute approximate surface area is 408 Å². The molecule has 0 fully saturated rings. The fourth-order valence-electron chi connectivity index (χ4n) is 3.98. The van der Waals surface area contributed by atoms with Crippen molar-refractivity contribution >= 4 is 64.0 Å². The molecule has 332 valence electrons. The van der Waals surface area contributed by atoms with E-state index in [-0.39, 0.29) is 70.6 Å². The number of hydrogen-bond donors (Lipinski definition) is 1. The first-order chi connectivity index (χ1) is 29.3. The van der Waals surface area contributed by atoms with E-state index in [4.69, 9.17) is 65.8 Å². The molecular formula is C34H13F9N2Na2O14S4. The number of fused-ring (bicyclic) bond motifs is 2. The number of benzene rings is 6. The van der Waals surface area contributed by atoms with Crippen molar-refractivity contribution in [2.75, 3.05) is 0 Å². The van der Waals surface area contributed by atoms with E-state index < -0.39 is 112 Å². The Bertz CT molecular complexity index is 3000. The minimum atomic E-state index is -3.11. The smallest absolute Gasteiger partial charge is 0.566 e. The second-order valence-corrected chi connectivity index (χ2v) is 11.5. The van der Waals surface area contributed by atoms with Crippen molar-refractivity contribution in [1.29, 1.82) is 10.5 Å². The summed E-state index contributed by atoms with van der Waals surface area (Å²) in [6.45, 7) is 0. The molecule has 0 aromatic heterocycles. The third-order valence-corrected chi connectivity index (χ3v) is 6.25. The second-order valence-electron chi connectivity index (χ2n) is 9.88. The molecule has 6 aromatic carbocycles. The summed E-state index contributed by atoms with van der Waals surface area (Å²) in [5.41, 5.74) is -2.80. The zero-order valence-corrected chi connectivity index (χ0v) is 38.9. The van der Waals surface area contributed by atoms with Gasteiger partial charge in [0.05, 0.1) is 0 Å². The number of phenols is 1. The fraction of sp³-hybridized carbons (Fsp3) is 0. The Morgan fingerprint density at radius 3 is 1.25 bits per heavy atom. The van der Waals surface area contributed by atoms with E-state index in [1.54, 1.807) is 48.5 Å². The third-order valence-electron chi connectivity index (χ3n) is 6.25. The van der Waals surface area contributed by atoms with Gasteiger partial charge in [0, 0.05) is 5.39 Å². The predicted molar refractivity (Wildman–Crippen MR) is 188 cm³/mol. The maximum atomic E-state index is 13.9. The number of nitrogens with zero attached hydrogens (tertiary/aromatic N) is 2. The van der Waals surface area contributed by atoms with Crippen molar-refractivity contribution in [3.8, 4) is 29.4 Å². The normalized spacial score (nSPS) is 8.91. The van der Waals surface area contributed by atoms with Gasteiger partial charge in [0.1, 0.15) is 29.0 Å². The molecule has 0 atom stereocenters. The van der Waals surface area contributed by atoms with Crippen molar-refractivity contribution in [3.63, 3.8) is 0 Å². The molecule has 0 bridgehead atoms. The van der Waals surface area contributed by atoms with E-state index in [9.17, 15) is 44.6 Å². The van der Waals surface area contributed by atoms with Crippen LogP contribution in [0.3, 0.4) is 0 Å². The first-order valence-electron chi connectivity index (χ1n) is 14.7. The molecule has 0 saturated heterocycles. The quantitative estimate of drug-likeness (QED) is 0.0749. The van der Waals surface area contributed by atoms with Gasteiger partial charge in [0.2, 0.25) is 23.2 Å². The first kappa shape index (κ1) is 63.6. The van der Waals surface area contributed by atoms with Gasteiger partial charge in [0.25, 0.3) is 0 Å². The Morgan fingerprint density at radius 1 is 0.462 bits per heavy atom. The van der Waals surface area contributed by atoms with Gasteiger partial charge >= 0.3 is 102 Å². The summed E-state index contributed by atoms with van der Waals surface area (Å²) in [5, 5.41) is 29.0. The van der Waals surface area contributed by atoms with Gasteiger partial charge in [0.15, 0.2) is 34.9 Å². The van der Waals surface area contributed by atoms with Gasteiger partial charge < -0.3 is 9.84 Å². The van der Waals surface area contributed by atoms with Gasteiger partial charge in [-0.15, -0.1) is 67.3 Å². The van der Waals surface area contributed by atoms with Crippen LogP contribution in [0.1, 0.15) is 11.1 Å². The zero-order chi connectivity index (χ0) is 48.7. The van der Waals surface area contributed by atoms with Crippen LogP contribution in [0.4, 0.5) is 39.5 Å². The monoisotopic (exact) mass is 1020 g/mol. The van der Waals surface area contributed by atoms with Gasteiger partial charge in [-0.3, -0.25) is 0 Å². The van der Waals surface area contributed by atoms with Crippen LogP contribution in [0, 0.1) is 87.1 Å². The molecule has 0 radical (unpaired) electrons. The van der Waals surface area contributed by atoms with Crippen molar-refractivity contribution in [2.45, 2.75) is 0 Å². The van der Waals surface area contributed by atoms with Crippen LogP contribution in [0.15, 0.2) is 72.8 Å². The molecule has 0 spiro atoms. The minimum Gasteiger partial charge on any atom is -0.566 e. The summed E-state index contributed by atoms with van der Waals surface area (Å²) < 4.78 is 223. The van der Waals surface area contributed by atoms with E-state index in [1.165, 1.54) is 6.07 Å². The number of phenolic OH excluding ortho intramolecular Hbond substituents is 1. The van der Waals surface area contributed by atoms with Gasteiger partial charge in [-0.1, -0.05) is 36.4 Å². The number of rotatable bonds is 2.